The maximum atomic E-state index is 13.0. The summed E-state index contributed by atoms with van der Waals surface area (Å²) in [5.41, 5.74) is 2.21. The van der Waals surface area contributed by atoms with Crippen LogP contribution in [-0.2, 0) is 9.59 Å². The average Bonchev–Trinajstić information content (AvgIpc) is 3.24. The highest BCUT2D eigenvalue weighted by atomic mass is 19.1. The fraction of sp³-hybridized carbons (Fsp3) is 0.292. The zero-order valence-corrected chi connectivity index (χ0v) is 17.2. The Labute approximate surface area is 180 Å². The molecule has 3 amide bonds. The average molecular weight is 421 g/mol. The summed E-state index contributed by atoms with van der Waals surface area (Å²) in [5, 5.41) is 0. The van der Waals surface area contributed by atoms with Crippen molar-refractivity contribution in [3.05, 3.63) is 71.6 Å². The van der Waals surface area contributed by atoms with Gasteiger partial charge in [-0.25, -0.2) is 4.39 Å². The Morgan fingerprint density at radius 3 is 2.10 bits per heavy atom. The Kier molecular flexibility index (Phi) is 6.11. The number of halogens is 1. The molecule has 0 unspecified atom stereocenters. The van der Waals surface area contributed by atoms with Crippen molar-refractivity contribution in [2.24, 2.45) is 0 Å². The lowest BCUT2D eigenvalue weighted by molar-refractivity contribution is -0.127. The van der Waals surface area contributed by atoms with Crippen molar-refractivity contribution >= 4 is 29.5 Å². The van der Waals surface area contributed by atoms with Gasteiger partial charge >= 0.3 is 0 Å². The largest absolute Gasteiger partial charge is 0.336 e. The third-order valence-electron chi connectivity index (χ3n) is 5.67. The van der Waals surface area contributed by atoms with Crippen LogP contribution in [-0.4, -0.2) is 60.2 Å². The molecule has 2 saturated heterocycles. The molecule has 2 aromatic carbocycles. The number of anilines is 1. The Balaban J connectivity index is 1.29. The molecule has 0 saturated carbocycles. The van der Waals surface area contributed by atoms with Crippen LogP contribution < -0.4 is 4.90 Å². The molecule has 6 nitrogen and oxygen atoms in total. The smallest absolute Gasteiger partial charge is 0.253 e. The van der Waals surface area contributed by atoms with Crippen LogP contribution in [0, 0.1) is 5.82 Å². The van der Waals surface area contributed by atoms with Gasteiger partial charge < -0.3 is 14.7 Å². The SMILES string of the molecule is O=C(/C=C/c1ccc(N2CCCC2=O)cc1)N1CCN(C(=O)c2ccc(F)cc2)CC1. The van der Waals surface area contributed by atoms with Crippen LogP contribution in [0.2, 0.25) is 0 Å². The van der Waals surface area contributed by atoms with E-state index in [9.17, 15) is 18.8 Å². The second-order valence-corrected chi connectivity index (χ2v) is 7.70. The van der Waals surface area contributed by atoms with Gasteiger partial charge in [-0.15, -0.1) is 0 Å². The molecule has 0 aliphatic carbocycles. The molecular formula is C24H24FN3O3. The van der Waals surface area contributed by atoms with Gasteiger partial charge in [-0.1, -0.05) is 12.1 Å². The highest BCUT2D eigenvalue weighted by molar-refractivity contribution is 5.96. The summed E-state index contributed by atoms with van der Waals surface area (Å²) in [6, 6.07) is 13.1. The van der Waals surface area contributed by atoms with Gasteiger partial charge in [0.2, 0.25) is 11.8 Å². The van der Waals surface area contributed by atoms with Crippen molar-refractivity contribution in [3.8, 4) is 0 Å². The van der Waals surface area contributed by atoms with Crippen LogP contribution in [0.1, 0.15) is 28.8 Å². The summed E-state index contributed by atoms with van der Waals surface area (Å²) in [5.74, 6) is -0.486. The third kappa shape index (κ3) is 4.82. The lowest BCUT2D eigenvalue weighted by atomic mass is 10.1. The first-order chi connectivity index (χ1) is 15.0. The first-order valence-electron chi connectivity index (χ1n) is 10.4. The molecule has 0 spiro atoms. The molecule has 0 N–H and O–H groups in total. The maximum Gasteiger partial charge on any atom is 0.253 e. The molecule has 2 heterocycles. The van der Waals surface area contributed by atoms with E-state index in [1.807, 2.05) is 24.3 Å². The van der Waals surface area contributed by atoms with E-state index in [1.54, 1.807) is 20.8 Å². The van der Waals surface area contributed by atoms with Gasteiger partial charge in [0, 0.05) is 56.5 Å². The third-order valence-corrected chi connectivity index (χ3v) is 5.67. The Hall–Kier alpha value is -3.48. The monoisotopic (exact) mass is 421 g/mol. The molecule has 4 rings (SSSR count). The molecule has 7 heteroatoms. The summed E-state index contributed by atoms with van der Waals surface area (Å²) < 4.78 is 13.0. The number of hydrogen-bond acceptors (Lipinski definition) is 3. The standard InChI is InChI=1S/C24H24FN3O3/c25-20-8-6-19(7-9-20)24(31)27-16-14-26(15-17-27)22(29)12-5-18-3-10-21(11-4-18)28-13-1-2-23(28)30/h3-12H,1-2,13-17H2/b12-5+. The zero-order valence-electron chi connectivity index (χ0n) is 17.2. The number of benzene rings is 2. The van der Waals surface area contributed by atoms with Gasteiger partial charge in [0.15, 0.2) is 0 Å². The van der Waals surface area contributed by atoms with E-state index >= 15 is 0 Å². The van der Waals surface area contributed by atoms with E-state index in [-0.39, 0.29) is 23.5 Å². The number of amides is 3. The van der Waals surface area contributed by atoms with Crippen molar-refractivity contribution in [3.63, 3.8) is 0 Å². The normalized spacial score (nSPS) is 16.9. The fourth-order valence-corrected chi connectivity index (χ4v) is 3.86. The molecule has 0 radical (unpaired) electrons. The van der Waals surface area contributed by atoms with Crippen LogP contribution in [0.15, 0.2) is 54.6 Å². The molecular weight excluding hydrogens is 397 g/mol. The maximum absolute atomic E-state index is 13.0. The summed E-state index contributed by atoms with van der Waals surface area (Å²) in [6.45, 7) is 2.53. The van der Waals surface area contributed by atoms with Crippen molar-refractivity contribution < 1.29 is 18.8 Å². The van der Waals surface area contributed by atoms with Crippen molar-refractivity contribution in [2.45, 2.75) is 12.8 Å². The van der Waals surface area contributed by atoms with Gasteiger partial charge in [0.25, 0.3) is 5.91 Å². The molecule has 0 bridgehead atoms. The second-order valence-electron chi connectivity index (χ2n) is 7.70. The van der Waals surface area contributed by atoms with Crippen molar-refractivity contribution in [1.82, 2.24) is 9.80 Å². The van der Waals surface area contributed by atoms with Crippen molar-refractivity contribution in [2.75, 3.05) is 37.6 Å². The van der Waals surface area contributed by atoms with E-state index in [0.29, 0.717) is 38.2 Å². The predicted octanol–water partition coefficient (Wildman–Crippen LogP) is 2.95. The number of rotatable bonds is 4. The van der Waals surface area contributed by atoms with E-state index in [0.717, 1.165) is 24.2 Å². The number of carbonyl (C=O) groups is 3. The zero-order chi connectivity index (χ0) is 21.8. The number of nitrogens with zero attached hydrogens (tertiary/aromatic N) is 3. The van der Waals surface area contributed by atoms with Crippen LogP contribution >= 0.6 is 0 Å². The molecule has 0 aromatic heterocycles. The number of piperazine rings is 1. The topological polar surface area (TPSA) is 60.9 Å². The first kappa shape index (κ1) is 20.8. The van der Waals surface area contributed by atoms with E-state index in [1.165, 1.54) is 30.3 Å². The van der Waals surface area contributed by atoms with Crippen LogP contribution in [0.5, 0.6) is 0 Å². The van der Waals surface area contributed by atoms with Gasteiger partial charge in [0.05, 0.1) is 0 Å². The molecule has 2 aromatic rings. The molecule has 2 fully saturated rings. The Bertz CT molecular complexity index is 994. The van der Waals surface area contributed by atoms with E-state index in [2.05, 4.69) is 0 Å². The summed E-state index contributed by atoms with van der Waals surface area (Å²) >= 11 is 0. The summed E-state index contributed by atoms with van der Waals surface area (Å²) in [4.78, 5) is 42.0. The quantitative estimate of drug-likeness (QED) is 0.714. The molecule has 0 atom stereocenters. The highest BCUT2D eigenvalue weighted by Crippen LogP contribution is 2.22. The molecule has 160 valence electrons. The van der Waals surface area contributed by atoms with Gasteiger partial charge in [0.1, 0.15) is 5.82 Å². The summed E-state index contributed by atoms with van der Waals surface area (Å²) in [7, 11) is 0. The van der Waals surface area contributed by atoms with Crippen molar-refractivity contribution in [1.29, 1.82) is 0 Å². The molecule has 2 aliphatic rings. The van der Waals surface area contributed by atoms with Gasteiger partial charge in [-0.3, -0.25) is 14.4 Å². The van der Waals surface area contributed by atoms with Crippen LogP contribution in [0.3, 0.4) is 0 Å². The highest BCUT2D eigenvalue weighted by Gasteiger charge is 2.24. The molecule has 2 aliphatic heterocycles. The Morgan fingerprint density at radius 1 is 0.839 bits per heavy atom. The van der Waals surface area contributed by atoms with Gasteiger partial charge in [-0.05, 0) is 54.5 Å². The lowest BCUT2D eigenvalue weighted by Gasteiger charge is -2.34. The minimum Gasteiger partial charge on any atom is -0.336 e. The lowest BCUT2D eigenvalue weighted by Crippen LogP contribution is -2.50. The predicted molar refractivity (Wildman–Crippen MR) is 116 cm³/mol. The number of carbonyl (C=O) groups excluding carboxylic acids is 3. The first-order valence-corrected chi connectivity index (χ1v) is 10.4. The minimum absolute atomic E-state index is 0.104. The molecule has 31 heavy (non-hydrogen) atoms. The van der Waals surface area contributed by atoms with Gasteiger partial charge in [-0.2, -0.15) is 0 Å². The van der Waals surface area contributed by atoms with Crippen LogP contribution in [0.4, 0.5) is 10.1 Å². The summed E-state index contributed by atoms with van der Waals surface area (Å²) in [6.07, 6.45) is 4.78. The Morgan fingerprint density at radius 2 is 1.48 bits per heavy atom. The van der Waals surface area contributed by atoms with E-state index < -0.39 is 0 Å². The fourth-order valence-electron chi connectivity index (χ4n) is 3.86. The second kappa shape index (κ2) is 9.12. The van der Waals surface area contributed by atoms with Crippen LogP contribution in [0.25, 0.3) is 6.08 Å². The minimum atomic E-state index is -0.377. The number of hydrogen-bond donors (Lipinski definition) is 0. The van der Waals surface area contributed by atoms with E-state index in [4.69, 9.17) is 0 Å².